The van der Waals surface area contributed by atoms with Gasteiger partial charge in [-0.15, -0.1) is 0 Å². The Balaban J connectivity index is 1.86. The van der Waals surface area contributed by atoms with E-state index in [1.54, 1.807) is 31.3 Å². The summed E-state index contributed by atoms with van der Waals surface area (Å²) in [4.78, 5) is 19.7. The van der Waals surface area contributed by atoms with E-state index >= 15 is 0 Å². The summed E-state index contributed by atoms with van der Waals surface area (Å²) in [6, 6.07) is 9.03. The maximum Gasteiger partial charge on any atom is 0.412 e. The van der Waals surface area contributed by atoms with E-state index in [9.17, 15) is 13.7 Å². The minimum Gasteiger partial charge on any atom is -0.588 e. The van der Waals surface area contributed by atoms with Gasteiger partial charge in [-0.05, 0) is 42.8 Å². The summed E-state index contributed by atoms with van der Waals surface area (Å²) in [7, 11) is 1.25. The molecule has 3 aromatic rings. The summed E-state index contributed by atoms with van der Waals surface area (Å²) in [6.45, 7) is 1.73. The van der Waals surface area contributed by atoms with Gasteiger partial charge in [0, 0.05) is 29.0 Å². The van der Waals surface area contributed by atoms with Crippen molar-refractivity contribution < 1.29 is 18.5 Å². The van der Waals surface area contributed by atoms with Crippen LogP contribution in [0.15, 0.2) is 53.7 Å². The van der Waals surface area contributed by atoms with E-state index in [1.807, 2.05) is 0 Å². The molecule has 2 N–H and O–H groups in total. The fourth-order valence-electron chi connectivity index (χ4n) is 2.41. The summed E-state index contributed by atoms with van der Waals surface area (Å²) in [5.41, 5.74) is 2.44. The van der Waals surface area contributed by atoms with Crippen LogP contribution in [0.2, 0.25) is 5.02 Å². The first-order valence-electron chi connectivity index (χ1n) is 8.29. The Morgan fingerprint density at radius 3 is 2.72 bits per heavy atom. The number of nitrogens with zero attached hydrogens (tertiary/aromatic N) is 2. The van der Waals surface area contributed by atoms with Crippen LogP contribution in [0.1, 0.15) is 5.69 Å². The van der Waals surface area contributed by atoms with Crippen molar-refractivity contribution >= 4 is 40.6 Å². The summed E-state index contributed by atoms with van der Waals surface area (Å²) in [5, 5.41) is 2.70. The number of hydrogen-bond acceptors (Lipinski definition) is 6. The number of aromatic nitrogens is 2. The number of hydrogen-bond donors (Lipinski definition) is 2. The minimum absolute atomic E-state index is 0.0207. The lowest BCUT2D eigenvalue weighted by molar-refractivity contribution is 0.187. The summed E-state index contributed by atoms with van der Waals surface area (Å²) < 4.78 is 33.9. The van der Waals surface area contributed by atoms with Gasteiger partial charge in [-0.3, -0.25) is 10.3 Å². The zero-order chi connectivity index (χ0) is 21.0. The molecule has 150 valence electrons. The molecule has 0 aliphatic rings. The average Bonchev–Trinajstić information content (AvgIpc) is 2.69. The monoisotopic (exact) mass is 434 g/mol. The number of benzene rings is 1. The van der Waals surface area contributed by atoms with Gasteiger partial charge in [0.15, 0.2) is 5.82 Å². The number of pyridine rings is 2. The highest BCUT2D eigenvalue weighted by Crippen LogP contribution is 2.27. The Morgan fingerprint density at radius 1 is 1.21 bits per heavy atom. The topological polar surface area (TPSA) is 99.2 Å². The molecule has 7 nitrogen and oxygen atoms in total. The minimum atomic E-state index is -1.85. The first kappa shape index (κ1) is 20.8. The van der Waals surface area contributed by atoms with Crippen LogP contribution in [-0.4, -0.2) is 27.7 Å². The van der Waals surface area contributed by atoms with Gasteiger partial charge in [-0.25, -0.2) is 18.9 Å². The molecule has 0 aliphatic heterocycles. The van der Waals surface area contributed by atoms with E-state index in [1.165, 1.54) is 25.4 Å². The van der Waals surface area contributed by atoms with Crippen LogP contribution in [0.4, 0.5) is 20.7 Å². The number of amides is 1. The van der Waals surface area contributed by atoms with E-state index in [0.717, 1.165) is 6.07 Å². The number of nitrogens with one attached hydrogen (secondary N) is 2. The molecule has 2 aromatic heterocycles. The van der Waals surface area contributed by atoms with Crippen molar-refractivity contribution in [1.29, 1.82) is 0 Å². The largest absolute Gasteiger partial charge is 0.588 e. The molecule has 1 amide bonds. The molecule has 29 heavy (non-hydrogen) atoms. The Hall–Kier alpha value is -2.88. The number of carbonyl (C=O) groups excluding carboxylic acids is 1. The van der Waals surface area contributed by atoms with Gasteiger partial charge in [0.2, 0.25) is 4.90 Å². The Morgan fingerprint density at radius 2 is 2.00 bits per heavy atom. The fraction of sp³-hybridized carbons (Fsp3) is 0.105. The number of methoxy groups -OCH3 is 1. The van der Waals surface area contributed by atoms with Crippen molar-refractivity contribution in [2.75, 3.05) is 17.1 Å². The third kappa shape index (κ3) is 5.14. The molecular weight excluding hydrogens is 419 g/mol. The molecular formula is C19H16ClFN4O3S. The third-order valence-corrected chi connectivity index (χ3v) is 5.26. The van der Waals surface area contributed by atoms with E-state index in [4.69, 9.17) is 11.6 Å². The van der Waals surface area contributed by atoms with Gasteiger partial charge in [-0.2, -0.15) is 0 Å². The predicted molar refractivity (Wildman–Crippen MR) is 110 cm³/mol. The Labute approximate surface area is 174 Å². The van der Waals surface area contributed by atoms with Crippen LogP contribution in [0.25, 0.3) is 11.1 Å². The van der Waals surface area contributed by atoms with Crippen molar-refractivity contribution in [2.24, 2.45) is 0 Å². The number of aryl methyl sites for hydroxylation is 1. The van der Waals surface area contributed by atoms with E-state index in [-0.39, 0.29) is 9.92 Å². The lowest BCUT2D eigenvalue weighted by Gasteiger charge is -2.14. The lowest BCUT2D eigenvalue weighted by Crippen LogP contribution is -2.15. The summed E-state index contributed by atoms with van der Waals surface area (Å²) >= 11 is 3.89. The second kappa shape index (κ2) is 9.08. The predicted octanol–water partition coefficient (Wildman–Crippen LogP) is 4.56. The van der Waals surface area contributed by atoms with Crippen LogP contribution >= 0.6 is 11.6 Å². The SMILES string of the molecule is COC(=O)Nc1cc(-c2cnc(C)c(N[S+]([O-])c3ccc(Cl)cc3F)c2)ccn1. The summed E-state index contributed by atoms with van der Waals surface area (Å²) in [6.07, 6.45) is 2.51. The molecule has 0 fully saturated rings. The zero-order valence-electron chi connectivity index (χ0n) is 15.4. The number of rotatable bonds is 5. The first-order chi connectivity index (χ1) is 13.9. The van der Waals surface area contributed by atoms with Gasteiger partial charge >= 0.3 is 6.09 Å². The maximum absolute atomic E-state index is 14.0. The molecule has 2 heterocycles. The van der Waals surface area contributed by atoms with Gasteiger partial charge in [0.25, 0.3) is 0 Å². The molecule has 0 saturated carbocycles. The van der Waals surface area contributed by atoms with Gasteiger partial charge < -0.3 is 9.29 Å². The average molecular weight is 435 g/mol. The van der Waals surface area contributed by atoms with Gasteiger partial charge in [0.1, 0.15) is 22.9 Å². The smallest absolute Gasteiger partial charge is 0.412 e. The maximum atomic E-state index is 14.0. The van der Waals surface area contributed by atoms with Gasteiger partial charge in [-0.1, -0.05) is 11.6 Å². The first-order valence-corrected chi connectivity index (χ1v) is 9.81. The number of ether oxygens (including phenoxy) is 1. The Bertz CT molecular complexity index is 1050. The third-order valence-electron chi connectivity index (χ3n) is 3.89. The van der Waals surface area contributed by atoms with Crippen LogP contribution < -0.4 is 10.0 Å². The Kier molecular flexibility index (Phi) is 6.53. The second-order valence-electron chi connectivity index (χ2n) is 5.85. The lowest BCUT2D eigenvalue weighted by atomic mass is 10.1. The highest BCUT2D eigenvalue weighted by atomic mass is 35.5. The fourth-order valence-corrected chi connectivity index (χ4v) is 3.51. The number of carbonyl (C=O) groups is 1. The van der Waals surface area contributed by atoms with E-state index < -0.39 is 23.3 Å². The van der Waals surface area contributed by atoms with Crippen molar-refractivity contribution in [2.45, 2.75) is 11.8 Å². The highest BCUT2D eigenvalue weighted by Gasteiger charge is 2.19. The molecule has 1 aromatic carbocycles. The molecule has 10 heteroatoms. The molecule has 1 unspecified atom stereocenters. The van der Waals surface area contributed by atoms with Crippen LogP contribution in [0.3, 0.4) is 0 Å². The van der Waals surface area contributed by atoms with Crippen LogP contribution in [0.5, 0.6) is 0 Å². The molecule has 0 spiro atoms. The molecule has 0 radical (unpaired) electrons. The van der Waals surface area contributed by atoms with Crippen LogP contribution in [-0.2, 0) is 16.1 Å². The molecule has 1 atom stereocenters. The molecule has 0 aliphatic carbocycles. The highest BCUT2D eigenvalue weighted by molar-refractivity contribution is 7.92. The quantitative estimate of drug-likeness (QED) is 0.571. The molecule has 0 saturated heterocycles. The van der Waals surface area contributed by atoms with Crippen molar-refractivity contribution in [1.82, 2.24) is 9.97 Å². The van der Waals surface area contributed by atoms with E-state index in [0.29, 0.717) is 28.3 Å². The second-order valence-corrected chi connectivity index (χ2v) is 7.47. The molecule has 3 rings (SSSR count). The number of anilines is 2. The van der Waals surface area contributed by atoms with Crippen molar-refractivity contribution in [3.8, 4) is 11.1 Å². The zero-order valence-corrected chi connectivity index (χ0v) is 17.0. The number of halogens is 2. The summed E-state index contributed by atoms with van der Waals surface area (Å²) in [5.74, 6) is -0.367. The van der Waals surface area contributed by atoms with Crippen molar-refractivity contribution in [3.63, 3.8) is 0 Å². The van der Waals surface area contributed by atoms with Crippen LogP contribution in [0, 0.1) is 12.7 Å². The van der Waals surface area contributed by atoms with Gasteiger partial charge in [0.05, 0.1) is 12.8 Å². The standard InChI is InChI=1S/C19H16ClFN4O3S/c1-11-16(25-29(27)17-4-3-14(20)9-15(17)21)7-13(10-23-11)12-5-6-22-18(8-12)24-19(26)28-2/h3-10,25H,1-2H3,(H,22,24,26). The molecule has 0 bridgehead atoms. The van der Waals surface area contributed by atoms with E-state index in [2.05, 4.69) is 24.7 Å². The normalized spacial score (nSPS) is 11.6. The van der Waals surface area contributed by atoms with Crippen molar-refractivity contribution in [3.05, 3.63) is 65.3 Å².